The Morgan fingerprint density at radius 1 is 0.480 bits per heavy atom. The third-order valence-electron chi connectivity index (χ3n) is 2.30. The second-order valence-electron chi connectivity index (χ2n) is 8.95. The van der Waals surface area contributed by atoms with E-state index < -0.39 is 22.6 Å². The van der Waals surface area contributed by atoms with Gasteiger partial charge in [0.2, 0.25) is 0 Å². The Balaban J connectivity index is 5.53. The molecule has 0 aromatic carbocycles. The minimum absolute atomic E-state index is 0.234. The van der Waals surface area contributed by atoms with E-state index in [1.807, 2.05) is 92.3 Å². The van der Waals surface area contributed by atoms with Crippen molar-refractivity contribution in [3.63, 3.8) is 0 Å². The molecule has 0 aromatic heterocycles. The SMILES string of the molecule is C[N](N=NC(C)(C)C)[BiH]([N](C)N=NC(C)(C)C)[N](C)N=NC(C)(C)C. The van der Waals surface area contributed by atoms with Crippen molar-refractivity contribution in [3.05, 3.63) is 0 Å². The molecule has 0 aliphatic heterocycles. The fourth-order valence-electron chi connectivity index (χ4n) is 1.35. The number of hydrogen-bond acceptors (Lipinski definition) is 6. The van der Waals surface area contributed by atoms with E-state index in [1.54, 1.807) is 0 Å². The van der Waals surface area contributed by atoms with Crippen molar-refractivity contribution in [2.75, 3.05) is 21.1 Å². The Hall–Kier alpha value is -0.917. The Morgan fingerprint density at radius 2 is 0.680 bits per heavy atom. The zero-order valence-corrected chi connectivity index (χ0v) is 21.9. The third-order valence-corrected chi connectivity index (χ3v) is 10.1. The van der Waals surface area contributed by atoms with Gasteiger partial charge in [-0.3, -0.25) is 0 Å². The standard InChI is InChI=1S/3C5H12N3.Bi.H/c3*1-5(2,3)7-8-6-4;;/h3*1-4H3;;/q3*-1;+3;. The molecule has 0 heterocycles. The van der Waals surface area contributed by atoms with Crippen LogP contribution in [-0.4, -0.2) is 69.2 Å². The first-order valence-corrected chi connectivity index (χ1v) is 13.6. The van der Waals surface area contributed by atoms with E-state index in [0.29, 0.717) is 0 Å². The summed E-state index contributed by atoms with van der Waals surface area (Å²) in [5, 5.41) is 26.3. The van der Waals surface area contributed by atoms with Crippen molar-refractivity contribution in [2.24, 2.45) is 31.0 Å². The molecule has 10 heteroatoms. The van der Waals surface area contributed by atoms with Crippen molar-refractivity contribution < 1.29 is 0 Å². The average molecular weight is 553 g/mol. The maximum absolute atomic E-state index is 4.39. The molecule has 0 spiro atoms. The van der Waals surface area contributed by atoms with Gasteiger partial charge >= 0.3 is 163 Å². The first kappa shape index (κ1) is 24.1. The van der Waals surface area contributed by atoms with E-state index in [4.69, 9.17) is 0 Å². The number of nitrogens with zero attached hydrogens (tertiary/aromatic N) is 9. The van der Waals surface area contributed by atoms with E-state index in [9.17, 15) is 0 Å². The molecule has 9 nitrogen and oxygen atoms in total. The normalized spacial score (nSPS) is 15.4. The minimum atomic E-state index is -2.95. The van der Waals surface area contributed by atoms with Crippen LogP contribution in [0.3, 0.4) is 0 Å². The predicted octanol–water partition coefficient (Wildman–Crippen LogP) is 4.00. The van der Waals surface area contributed by atoms with Gasteiger partial charge in [-0.25, -0.2) is 0 Å². The second kappa shape index (κ2) is 9.15. The molecule has 147 valence electrons. The predicted molar refractivity (Wildman–Crippen MR) is 104 cm³/mol. The second-order valence-corrected chi connectivity index (χ2v) is 18.8. The van der Waals surface area contributed by atoms with Crippen LogP contribution in [0.15, 0.2) is 31.0 Å². The molecule has 0 rings (SSSR count). The molecule has 0 aromatic rings. The zero-order valence-electron chi connectivity index (χ0n) is 18.0. The van der Waals surface area contributed by atoms with Crippen molar-refractivity contribution in [2.45, 2.75) is 78.9 Å². The summed E-state index contributed by atoms with van der Waals surface area (Å²) in [4.78, 5) is 0. The molecule has 1 radical (unpaired) electrons. The van der Waals surface area contributed by atoms with Crippen LogP contribution in [0.1, 0.15) is 62.3 Å². The van der Waals surface area contributed by atoms with E-state index in [1.165, 1.54) is 0 Å². The Morgan fingerprint density at radius 3 is 0.840 bits per heavy atom. The summed E-state index contributed by atoms with van der Waals surface area (Å²) in [6, 6.07) is 0. The van der Waals surface area contributed by atoms with E-state index in [2.05, 4.69) is 31.0 Å². The van der Waals surface area contributed by atoms with Gasteiger partial charge in [0, 0.05) is 0 Å². The molecule has 0 saturated heterocycles. The summed E-state index contributed by atoms with van der Waals surface area (Å²) in [5.74, 6) is 0. The summed E-state index contributed by atoms with van der Waals surface area (Å²) in [5.41, 5.74) is -0.702. The first-order chi connectivity index (χ1) is 11.0. The number of hydrogen-bond donors (Lipinski definition) is 0. The Labute approximate surface area is 162 Å². The molecule has 0 N–H and O–H groups in total. The summed E-state index contributed by atoms with van der Waals surface area (Å²) >= 11 is -2.95. The molecule has 0 saturated carbocycles. The Bertz CT molecular complexity index is 411. The first-order valence-electron chi connectivity index (χ1n) is 8.38. The molecule has 25 heavy (non-hydrogen) atoms. The molecular weight excluding hydrogens is 515 g/mol. The van der Waals surface area contributed by atoms with Crippen LogP contribution in [0.2, 0.25) is 0 Å². The van der Waals surface area contributed by atoms with Crippen LogP contribution in [-0.2, 0) is 0 Å². The summed E-state index contributed by atoms with van der Waals surface area (Å²) < 4.78 is 5.71. The third kappa shape index (κ3) is 12.1. The topological polar surface area (TPSA) is 83.9 Å². The zero-order chi connectivity index (χ0) is 20.1. The molecule has 0 atom stereocenters. The molecule has 0 amide bonds. The van der Waals surface area contributed by atoms with Gasteiger partial charge in [-0.2, -0.15) is 0 Å². The van der Waals surface area contributed by atoms with E-state index in [-0.39, 0.29) is 16.6 Å². The van der Waals surface area contributed by atoms with Crippen molar-refractivity contribution >= 4 is 22.6 Å². The average Bonchev–Trinajstić information content (AvgIpc) is 2.38. The van der Waals surface area contributed by atoms with E-state index in [0.717, 1.165) is 0 Å². The van der Waals surface area contributed by atoms with E-state index >= 15 is 0 Å². The van der Waals surface area contributed by atoms with Crippen LogP contribution < -0.4 is 0 Å². The van der Waals surface area contributed by atoms with Gasteiger partial charge in [0.1, 0.15) is 0 Å². The van der Waals surface area contributed by atoms with Crippen LogP contribution in [0.4, 0.5) is 0 Å². The van der Waals surface area contributed by atoms with Crippen LogP contribution in [0.25, 0.3) is 0 Å². The van der Waals surface area contributed by atoms with Crippen molar-refractivity contribution in [3.8, 4) is 0 Å². The molecule has 0 bridgehead atoms. The van der Waals surface area contributed by atoms with Gasteiger partial charge in [-0.15, -0.1) is 0 Å². The van der Waals surface area contributed by atoms with Crippen LogP contribution in [0.5, 0.6) is 0 Å². The monoisotopic (exact) mass is 552 g/mol. The number of rotatable bonds is 6. The van der Waals surface area contributed by atoms with Gasteiger partial charge in [-0.1, -0.05) is 0 Å². The Kier molecular flexibility index (Phi) is 8.81. The molecule has 0 aliphatic carbocycles. The van der Waals surface area contributed by atoms with Crippen molar-refractivity contribution in [1.29, 1.82) is 0 Å². The fraction of sp³-hybridized carbons (Fsp3) is 1.00. The summed E-state index contributed by atoms with van der Waals surface area (Å²) in [6.45, 7) is 18.1. The fourth-order valence-corrected chi connectivity index (χ4v) is 7.69. The van der Waals surface area contributed by atoms with Crippen LogP contribution in [0, 0.1) is 0 Å². The van der Waals surface area contributed by atoms with Gasteiger partial charge < -0.3 is 0 Å². The maximum atomic E-state index is 4.39. The van der Waals surface area contributed by atoms with Crippen molar-refractivity contribution in [1.82, 2.24) is 8.86 Å². The van der Waals surface area contributed by atoms with Gasteiger partial charge in [0.25, 0.3) is 0 Å². The van der Waals surface area contributed by atoms with Gasteiger partial charge in [-0.05, 0) is 0 Å². The molecular formula is C15H37BiN9. The molecule has 0 aliphatic rings. The molecule has 0 unspecified atom stereocenters. The summed E-state index contributed by atoms with van der Waals surface area (Å²) in [7, 11) is 5.76. The van der Waals surface area contributed by atoms with Gasteiger partial charge in [0.05, 0.1) is 0 Å². The van der Waals surface area contributed by atoms with Gasteiger partial charge in [0.15, 0.2) is 0 Å². The molecule has 0 fully saturated rings. The summed E-state index contributed by atoms with van der Waals surface area (Å²) in [6.07, 6.45) is 0. The quantitative estimate of drug-likeness (QED) is 0.284. The van der Waals surface area contributed by atoms with Crippen LogP contribution >= 0.6 is 0 Å².